The van der Waals surface area contributed by atoms with Gasteiger partial charge in [-0.25, -0.2) is 9.79 Å². The summed E-state index contributed by atoms with van der Waals surface area (Å²) < 4.78 is 0. The molecular formula is C3H4N2O2. The normalized spacial score (nSPS) is 7.43. The molecule has 0 aromatic rings. The number of rotatable bonds is 0. The lowest BCUT2D eigenvalue weighted by molar-refractivity contribution is -0.129. The van der Waals surface area contributed by atoms with E-state index in [1.54, 1.807) is 0 Å². The molecule has 0 radical (unpaired) electrons. The summed E-state index contributed by atoms with van der Waals surface area (Å²) in [5, 5.41) is 14.2. The van der Waals surface area contributed by atoms with E-state index in [2.05, 4.69) is 11.7 Å². The Balaban J connectivity index is 3.81. The molecule has 0 fully saturated rings. The van der Waals surface area contributed by atoms with Crippen LogP contribution in [0.25, 0.3) is 0 Å². The number of amidine groups is 1. The first-order chi connectivity index (χ1) is 3.18. The van der Waals surface area contributed by atoms with Gasteiger partial charge in [0.1, 0.15) is 0 Å². The fraction of sp³-hybridized carbons (Fsp3) is 0. The van der Waals surface area contributed by atoms with Crippen molar-refractivity contribution in [3.8, 4) is 0 Å². The highest BCUT2D eigenvalue weighted by Crippen LogP contribution is 1.69. The molecule has 0 saturated heterocycles. The van der Waals surface area contributed by atoms with Crippen LogP contribution < -0.4 is 0 Å². The Hall–Kier alpha value is -1.19. The van der Waals surface area contributed by atoms with Crippen LogP contribution in [0.2, 0.25) is 0 Å². The molecule has 7 heavy (non-hydrogen) atoms. The van der Waals surface area contributed by atoms with Crippen molar-refractivity contribution < 1.29 is 9.90 Å². The zero-order valence-corrected chi connectivity index (χ0v) is 3.51. The third-order valence-corrected chi connectivity index (χ3v) is 0.361. The highest BCUT2D eigenvalue weighted by molar-refractivity contribution is 6.34. The number of carboxylic acid groups (broad SMARTS) is 1. The van der Waals surface area contributed by atoms with E-state index in [-0.39, 0.29) is 0 Å². The largest absolute Gasteiger partial charge is 0.475 e. The van der Waals surface area contributed by atoms with E-state index in [1.807, 2.05) is 0 Å². The smallest absolute Gasteiger partial charge is 0.373 e. The van der Waals surface area contributed by atoms with Gasteiger partial charge in [0.05, 0.1) is 0 Å². The lowest BCUT2D eigenvalue weighted by atomic mass is 10.6. The van der Waals surface area contributed by atoms with E-state index in [9.17, 15) is 4.79 Å². The van der Waals surface area contributed by atoms with Gasteiger partial charge in [-0.05, 0) is 6.72 Å². The second-order valence-corrected chi connectivity index (χ2v) is 0.812. The molecule has 0 bridgehead atoms. The summed E-state index contributed by atoms with van der Waals surface area (Å²) in [6, 6.07) is 0. The van der Waals surface area contributed by atoms with Crippen LogP contribution in [0.5, 0.6) is 0 Å². The standard InChI is InChI=1S/C3H4N2O2/c1-5-2(4)3(6)7/h4H,1H2,(H,6,7). The molecule has 2 N–H and O–H groups in total. The Kier molecular flexibility index (Phi) is 1.72. The maximum Gasteiger partial charge on any atom is 0.373 e. The third kappa shape index (κ3) is 1.64. The minimum absolute atomic E-state index is 0.722. The Morgan fingerprint density at radius 1 is 1.86 bits per heavy atom. The van der Waals surface area contributed by atoms with Gasteiger partial charge in [0.25, 0.3) is 0 Å². The minimum Gasteiger partial charge on any atom is -0.475 e. The van der Waals surface area contributed by atoms with Crippen molar-refractivity contribution in [2.75, 3.05) is 0 Å². The van der Waals surface area contributed by atoms with Gasteiger partial charge in [-0.1, -0.05) is 0 Å². The van der Waals surface area contributed by atoms with Gasteiger partial charge in [0, 0.05) is 0 Å². The number of nitrogens with zero attached hydrogens (tertiary/aromatic N) is 1. The molecule has 38 valence electrons. The van der Waals surface area contributed by atoms with Crippen molar-refractivity contribution in [3.63, 3.8) is 0 Å². The van der Waals surface area contributed by atoms with E-state index in [1.165, 1.54) is 0 Å². The Morgan fingerprint density at radius 2 is 2.29 bits per heavy atom. The van der Waals surface area contributed by atoms with Crippen molar-refractivity contribution in [2.24, 2.45) is 4.99 Å². The van der Waals surface area contributed by atoms with Crippen molar-refractivity contribution >= 4 is 18.5 Å². The van der Waals surface area contributed by atoms with Gasteiger partial charge in [0.15, 0.2) is 0 Å². The summed E-state index contributed by atoms with van der Waals surface area (Å²) in [4.78, 5) is 12.4. The summed E-state index contributed by atoms with van der Waals surface area (Å²) in [6.07, 6.45) is 0. The third-order valence-electron chi connectivity index (χ3n) is 0.361. The van der Waals surface area contributed by atoms with E-state index >= 15 is 0 Å². The average molecular weight is 100 g/mol. The quantitative estimate of drug-likeness (QED) is 0.325. The van der Waals surface area contributed by atoms with Crippen LogP contribution in [0.1, 0.15) is 0 Å². The molecule has 0 heterocycles. The van der Waals surface area contributed by atoms with Crippen LogP contribution in [-0.4, -0.2) is 23.6 Å². The second kappa shape index (κ2) is 2.07. The zero-order valence-electron chi connectivity index (χ0n) is 3.51. The number of hydrogen-bond donors (Lipinski definition) is 2. The summed E-state index contributed by atoms with van der Waals surface area (Å²) in [6.45, 7) is 2.83. The van der Waals surface area contributed by atoms with Gasteiger partial charge < -0.3 is 5.11 Å². The summed E-state index contributed by atoms with van der Waals surface area (Å²) >= 11 is 0. The predicted molar refractivity (Wildman–Crippen MR) is 24.9 cm³/mol. The molecule has 0 amide bonds. The monoisotopic (exact) mass is 100 g/mol. The lowest BCUT2D eigenvalue weighted by Crippen LogP contribution is -2.06. The second-order valence-electron chi connectivity index (χ2n) is 0.812. The first kappa shape index (κ1) is 5.81. The highest BCUT2D eigenvalue weighted by atomic mass is 16.4. The first-order valence-electron chi connectivity index (χ1n) is 1.47. The number of nitrogens with one attached hydrogen (secondary N) is 1. The SMILES string of the molecule is C=NC(=N)C(=O)O. The van der Waals surface area contributed by atoms with Crippen molar-refractivity contribution in [1.82, 2.24) is 0 Å². The van der Waals surface area contributed by atoms with E-state index in [0.717, 1.165) is 0 Å². The van der Waals surface area contributed by atoms with Crippen LogP contribution in [0.15, 0.2) is 4.99 Å². The molecule has 0 aliphatic rings. The predicted octanol–water partition coefficient (Wildman–Crippen LogP) is -0.251. The summed E-state index contributed by atoms with van der Waals surface area (Å²) in [5.41, 5.74) is 0. The van der Waals surface area contributed by atoms with Crippen LogP contribution in [0, 0.1) is 5.41 Å². The highest BCUT2D eigenvalue weighted by Gasteiger charge is 1.98. The van der Waals surface area contributed by atoms with Gasteiger partial charge in [-0.15, -0.1) is 0 Å². The van der Waals surface area contributed by atoms with Crippen molar-refractivity contribution in [2.45, 2.75) is 0 Å². The number of carbonyl (C=O) groups is 1. The average Bonchev–Trinajstić information content (AvgIpc) is 1.65. The fourth-order valence-electron chi connectivity index (χ4n) is 0.0676. The van der Waals surface area contributed by atoms with Crippen molar-refractivity contribution in [3.05, 3.63) is 0 Å². The van der Waals surface area contributed by atoms with Crippen LogP contribution in [-0.2, 0) is 4.79 Å². The molecule has 0 unspecified atom stereocenters. The molecule has 0 saturated carbocycles. The van der Waals surface area contributed by atoms with E-state index < -0.39 is 11.8 Å². The van der Waals surface area contributed by atoms with Gasteiger partial charge in [-0.2, -0.15) is 0 Å². The topological polar surface area (TPSA) is 73.5 Å². The van der Waals surface area contributed by atoms with E-state index in [4.69, 9.17) is 10.5 Å². The molecule has 0 aliphatic carbocycles. The molecule has 0 rings (SSSR count). The first-order valence-corrected chi connectivity index (χ1v) is 1.47. The van der Waals surface area contributed by atoms with Gasteiger partial charge in [0.2, 0.25) is 5.84 Å². The molecule has 0 spiro atoms. The maximum absolute atomic E-state index is 9.57. The molecule has 0 atom stereocenters. The minimum atomic E-state index is -1.35. The van der Waals surface area contributed by atoms with Gasteiger partial charge in [-0.3, -0.25) is 5.41 Å². The van der Waals surface area contributed by atoms with E-state index in [0.29, 0.717) is 0 Å². The summed E-state index contributed by atoms with van der Waals surface area (Å²) in [7, 11) is 0. The zero-order chi connectivity index (χ0) is 5.86. The van der Waals surface area contributed by atoms with Crippen LogP contribution in [0.3, 0.4) is 0 Å². The number of hydrogen-bond acceptors (Lipinski definition) is 2. The van der Waals surface area contributed by atoms with Crippen molar-refractivity contribution in [1.29, 1.82) is 5.41 Å². The Bertz CT molecular complexity index is 118. The Labute approximate surface area is 40.0 Å². The maximum atomic E-state index is 9.57. The molecule has 0 aromatic carbocycles. The molecule has 4 heteroatoms. The van der Waals surface area contributed by atoms with Gasteiger partial charge >= 0.3 is 5.97 Å². The number of aliphatic carboxylic acids is 1. The molecular weight excluding hydrogens is 96.0 g/mol. The summed E-state index contributed by atoms with van der Waals surface area (Å²) in [5.74, 6) is -2.07. The molecule has 4 nitrogen and oxygen atoms in total. The Morgan fingerprint density at radius 3 is 2.29 bits per heavy atom. The van der Waals surface area contributed by atoms with Crippen LogP contribution >= 0.6 is 0 Å². The molecule has 0 aromatic heterocycles. The fourth-order valence-corrected chi connectivity index (χ4v) is 0.0676. The molecule has 0 aliphatic heterocycles. The number of aliphatic imine (C=N–C) groups is 1. The number of carboxylic acids is 1. The van der Waals surface area contributed by atoms with Crippen LogP contribution in [0.4, 0.5) is 0 Å². The lowest BCUT2D eigenvalue weighted by Gasteiger charge is -1.80.